The third-order valence-electron chi connectivity index (χ3n) is 5.97. The monoisotopic (exact) mass is 316 g/mol. The van der Waals surface area contributed by atoms with Gasteiger partial charge in [0, 0.05) is 35.1 Å². The predicted octanol–water partition coefficient (Wildman–Crippen LogP) is 4.86. The number of para-hydroxylation sites is 1. The molecule has 2 atom stereocenters. The number of nitrogens with zero attached hydrogens (tertiary/aromatic N) is 1. The average Bonchev–Trinajstić information content (AvgIpc) is 3.12. The molecule has 122 valence electrons. The zero-order valence-corrected chi connectivity index (χ0v) is 14.0. The molecular weight excluding hydrogens is 292 g/mol. The fourth-order valence-corrected chi connectivity index (χ4v) is 4.91. The van der Waals surface area contributed by atoms with Crippen molar-refractivity contribution in [2.75, 3.05) is 6.54 Å². The van der Waals surface area contributed by atoms with Gasteiger partial charge in [0.2, 0.25) is 0 Å². The Hall–Kier alpha value is -2.06. The molecule has 0 aliphatic carbocycles. The number of aromatic nitrogens is 1. The van der Waals surface area contributed by atoms with E-state index in [0.29, 0.717) is 6.04 Å². The molecule has 24 heavy (non-hydrogen) atoms. The van der Waals surface area contributed by atoms with Crippen molar-refractivity contribution in [1.29, 1.82) is 0 Å². The number of rotatable bonds is 4. The first-order chi connectivity index (χ1) is 11.9. The van der Waals surface area contributed by atoms with Gasteiger partial charge in [-0.25, -0.2) is 0 Å². The lowest BCUT2D eigenvalue weighted by Gasteiger charge is -2.35. The summed E-state index contributed by atoms with van der Waals surface area (Å²) in [6, 6.07) is 21.1. The molecule has 2 aromatic carbocycles. The molecule has 5 rings (SSSR count). The maximum absolute atomic E-state index is 3.69. The second kappa shape index (κ2) is 5.78. The lowest BCUT2D eigenvalue weighted by Crippen LogP contribution is -2.38. The Morgan fingerprint density at radius 2 is 1.79 bits per heavy atom. The van der Waals surface area contributed by atoms with E-state index in [0.717, 1.165) is 6.04 Å². The van der Waals surface area contributed by atoms with Crippen molar-refractivity contribution in [2.45, 2.75) is 44.2 Å². The van der Waals surface area contributed by atoms with Crippen LogP contribution in [0.1, 0.15) is 42.1 Å². The Bertz CT molecular complexity index is 849. The van der Waals surface area contributed by atoms with E-state index in [1.165, 1.54) is 60.8 Å². The van der Waals surface area contributed by atoms with Crippen molar-refractivity contribution in [2.24, 2.45) is 0 Å². The molecule has 1 aromatic heterocycles. The topological polar surface area (TPSA) is 19.0 Å². The maximum atomic E-state index is 3.69. The largest absolute Gasteiger partial charge is 0.358 e. The number of fused-ring (bicyclic) bond motifs is 6. The van der Waals surface area contributed by atoms with Crippen molar-refractivity contribution in [1.82, 2.24) is 9.88 Å². The van der Waals surface area contributed by atoms with Gasteiger partial charge in [-0.1, -0.05) is 48.5 Å². The SMILES string of the molecule is c1ccc(CCCN2[C@H]3CC[C@@H]2c2c([nH]c4ccccc24)C3)cc1. The molecular formula is C22H24N2. The number of nitrogens with one attached hydrogen (secondary N) is 1. The van der Waals surface area contributed by atoms with E-state index in [1.54, 1.807) is 5.56 Å². The number of H-pyrrole nitrogens is 1. The van der Waals surface area contributed by atoms with Gasteiger partial charge in [0.05, 0.1) is 0 Å². The molecule has 3 aromatic rings. The van der Waals surface area contributed by atoms with Crippen molar-refractivity contribution < 1.29 is 0 Å². The summed E-state index contributed by atoms with van der Waals surface area (Å²) in [6.45, 7) is 1.23. The Kier molecular flexibility index (Phi) is 3.45. The van der Waals surface area contributed by atoms with E-state index in [1.807, 2.05) is 0 Å². The van der Waals surface area contributed by atoms with Crippen LogP contribution in [-0.4, -0.2) is 22.5 Å². The zero-order valence-electron chi connectivity index (χ0n) is 14.0. The maximum Gasteiger partial charge on any atom is 0.0459 e. The smallest absolute Gasteiger partial charge is 0.0459 e. The quantitative estimate of drug-likeness (QED) is 0.728. The Morgan fingerprint density at radius 1 is 0.958 bits per heavy atom. The van der Waals surface area contributed by atoms with Crippen molar-refractivity contribution >= 4 is 10.9 Å². The molecule has 2 bridgehead atoms. The van der Waals surface area contributed by atoms with Crippen LogP contribution < -0.4 is 0 Å². The lowest BCUT2D eigenvalue weighted by molar-refractivity contribution is 0.176. The van der Waals surface area contributed by atoms with E-state index in [-0.39, 0.29) is 0 Å². The van der Waals surface area contributed by atoms with E-state index in [9.17, 15) is 0 Å². The third kappa shape index (κ3) is 2.29. The number of aromatic amines is 1. The lowest BCUT2D eigenvalue weighted by atomic mass is 9.96. The molecule has 0 radical (unpaired) electrons. The molecule has 2 aliphatic rings. The highest BCUT2D eigenvalue weighted by Gasteiger charge is 2.41. The summed E-state index contributed by atoms with van der Waals surface area (Å²) in [6.07, 6.45) is 6.33. The number of hydrogen-bond acceptors (Lipinski definition) is 1. The van der Waals surface area contributed by atoms with Crippen LogP contribution in [0.5, 0.6) is 0 Å². The molecule has 2 aliphatic heterocycles. The average molecular weight is 316 g/mol. The molecule has 1 saturated heterocycles. The van der Waals surface area contributed by atoms with E-state index in [4.69, 9.17) is 0 Å². The summed E-state index contributed by atoms with van der Waals surface area (Å²) in [5.41, 5.74) is 5.89. The van der Waals surface area contributed by atoms with Gasteiger partial charge in [0.25, 0.3) is 0 Å². The van der Waals surface area contributed by atoms with Gasteiger partial charge in [-0.05, 0) is 49.4 Å². The van der Waals surface area contributed by atoms with Gasteiger partial charge in [0.15, 0.2) is 0 Å². The highest BCUT2D eigenvalue weighted by molar-refractivity contribution is 5.85. The summed E-state index contributed by atoms with van der Waals surface area (Å²) in [4.78, 5) is 6.49. The first kappa shape index (κ1) is 14.3. The van der Waals surface area contributed by atoms with Crippen LogP contribution in [0.2, 0.25) is 0 Å². The van der Waals surface area contributed by atoms with Crippen LogP contribution in [0.3, 0.4) is 0 Å². The Labute approximate surface area is 143 Å². The summed E-state index contributed by atoms with van der Waals surface area (Å²) in [5.74, 6) is 0. The van der Waals surface area contributed by atoms with Crippen molar-refractivity contribution in [3.63, 3.8) is 0 Å². The van der Waals surface area contributed by atoms with Crippen LogP contribution in [-0.2, 0) is 12.8 Å². The van der Waals surface area contributed by atoms with Gasteiger partial charge in [-0.15, -0.1) is 0 Å². The predicted molar refractivity (Wildman–Crippen MR) is 99.2 cm³/mol. The van der Waals surface area contributed by atoms with Gasteiger partial charge in [0.1, 0.15) is 0 Å². The molecule has 2 heteroatoms. The standard InChI is InChI=1S/C22H24N2/c1-2-7-16(8-3-1)9-6-14-24-17-12-13-21(24)22-18-10-4-5-11-19(18)23-20(22)15-17/h1-5,7-8,10-11,17,21,23H,6,9,12-15H2/t17-,21+/m0/s1. The van der Waals surface area contributed by atoms with Gasteiger partial charge < -0.3 is 4.98 Å². The number of benzene rings is 2. The summed E-state index contributed by atoms with van der Waals surface area (Å²) < 4.78 is 0. The zero-order chi connectivity index (χ0) is 15.9. The molecule has 1 N–H and O–H groups in total. The Balaban J connectivity index is 1.37. The van der Waals surface area contributed by atoms with E-state index < -0.39 is 0 Å². The van der Waals surface area contributed by atoms with Crippen LogP contribution in [0.15, 0.2) is 54.6 Å². The molecule has 3 heterocycles. The minimum Gasteiger partial charge on any atom is -0.358 e. The highest BCUT2D eigenvalue weighted by atomic mass is 15.2. The van der Waals surface area contributed by atoms with Crippen LogP contribution in [0.25, 0.3) is 10.9 Å². The molecule has 1 fully saturated rings. The van der Waals surface area contributed by atoms with Crippen molar-refractivity contribution in [3.8, 4) is 0 Å². The minimum absolute atomic E-state index is 0.630. The molecule has 0 unspecified atom stereocenters. The van der Waals surface area contributed by atoms with Crippen LogP contribution in [0.4, 0.5) is 0 Å². The first-order valence-electron chi connectivity index (χ1n) is 9.29. The van der Waals surface area contributed by atoms with Crippen molar-refractivity contribution in [3.05, 3.63) is 71.4 Å². The van der Waals surface area contributed by atoms with Crippen LogP contribution in [0, 0.1) is 0 Å². The van der Waals surface area contributed by atoms with E-state index >= 15 is 0 Å². The normalized spacial score (nSPS) is 22.8. The second-order valence-electron chi connectivity index (χ2n) is 7.34. The fraction of sp³-hybridized carbons (Fsp3) is 0.364. The molecule has 0 amide bonds. The van der Waals surface area contributed by atoms with E-state index in [2.05, 4.69) is 64.5 Å². The summed E-state index contributed by atoms with van der Waals surface area (Å²) in [7, 11) is 0. The van der Waals surface area contributed by atoms with Gasteiger partial charge >= 0.3 is 0 Å². The fourth-order valence-electron chi connectivity index (χ4n) is 4.91. The third-order valence-corrected chi connectivity index (χ3v) is 5.97. The molecule has 0 spiro atoms. The first-order valence-corrected chi connectivity index (χ1v) is 9.29. The number of hydrogen-bond donors (Lipinski definition) is 1. The van der Waals surface area contributed by atoms with Gasteiger partial charge in [-0.3, -0.25) is 4.90 Å². The van der Waals surface area contributed by atoms with Gasteiger partial charge in [-0.2, -0.15) is 0 Å². The summed E-state index contributed by atoms with van der Waals surface area (Å²) in [5, 5.41) is 1.45. The van der Waals surface area contributed by atoms with Crippen LogP contribution >= 0.6 is 0 Å². The second-order valence-corrected chi connectivity index (χ2v) is 7.34. The Morgan fingerprint density at radius 3 is 2.71 bits per heavy atom. The molecule has 2 nitrogen and oxygen atoms in total. The summed E-state index contributed by atoms with van der Waals surface area (Å²) >= 11 is 0. The molecule has 0 saturated carbocycles. The minimum atomic E-state index is 0.630. The highest BCUT2D eigenvalue weighted by Crippen LogP contribution is 2.46. The number of aryl methyl sites for hydroxylation is 1.